The highest BCUT2D eigenvalue weighted by atomic mass is 31.3. The van der Waals surface area contributed by atoms with Crippen molar-refractivity contribution < 1.29 is 72.4 Å². The zero-order valence-electron chi connectivity index (χ0n) is 19.5. The van der Waals surface area contributed by atoms with Crippen molar-refractivity contribution in [2.75, 3.05) is 18.9 Å². The quantitative estimate of drug-likeness (QED) is 0.125. The number of nitrogen functional groups attached to an aromatic ring is 1. The summed E-state index contributed by atoms with van der Waals surface area (Å²) in [6, 6.07) is 0. The van der Waals surface area contributed by atoms with Crippen LogP contribution in [0, 0.1) is 11.8 Å². The molecule has 39 heavy (non-hydrogen) atoms. The summed E-state index contributed by atoms with van der Waals surface area (Å²) in [4.78, 5) is 31.7. The number of rotatable bonds is 9. The van der Waals surface area contributed by atoms with E-state index in [2.05, 4.69) is 28.3 Å². The van der Waals surface area contributed by atoms with Gasteiger partial charge in [-0.2, -0.15) is 4.31 Å². The molecule has 1 saturated carbocycles. The van der Waals surface area contributed by atoms with E-state index in [1.54, 1.807) is 0 Å². The summed E-state index contributed by atoms with van der Waals surface area (Å²) in [6.45, 7) is -1.72. The van der Waals surface area contributed by atoms with E-state index < -0.39 is 89.5 Å². The molecular weight excluding hydrogens is 576 g/mol. The number of nitrogens with zero attached hydrogens (tertiary/aromatic N) is 4. The van der Waals surface area contributed by atoms with Crippen molar-refractivity contribution in [2.24, 2.45) is 11.8 Å². The van der Waals surface area contributed by atoms with Crippen molar-refractivity contribution in [2.45, 2.75) is 48.8 Å². The fourth-order valence-corrected chi connectivity index (χ4v) is 7.00. The van der Waals surface area contributed by atoms with Crippen molar-refractivity contribution in [1.82, 2.24) is 19.5 Å². The first-order valence-electron chi connectivity index (χ1n) is 11.2. The highest BCUT2D eigenvalue weighted by Crippen LogP contribution is 2.64. The van der Waals surface area contributed by atoms with Crippen molar-refractivity contribution in [3.63, 3.8) is 0 Å². The van der Waals surface area contributed by atoms with Crippen molar-refractivity contribution >= 4 is 32.6 Å². The number of fused-ring (bicyclic) bond motifs is 2. The summed E-state index contributed by atoms with van der Waals surface area (Å²) in [5, 5.41) is 60.4. The lowest BCUT2D eigenvalue weighted by molar-refractivity contribution is -0.423. The Hall–Kier alpha value is -1.71. The Morgan fingerprint density at radius 3 is 2.46 bits per heavy atom. The minimum Gasteiger partial charge on any atom is -0.396 e. The highest BCUT2D eigenvalue weighted by Gasteiger charge is 2.72. The van der Waals surface area contributed by atoms with Gasteiger partial charge < -0.3 is 55.6 Å². The summed E-state index contributed by atoms with van der Waals surface area (Å²) in [7, 11) is -10.9. The summed E-state index contributed by atoms with van der Waals surface area (Å²) in [5.41, 5.74) is 6.07. The van der Waals surface area contributed by atoms with Gasteiger partial charge in [-0.1, -0.05) is 0 Å². The minimum atomic E-state index is -5.48. The number of ether oxygens (including phenoxy) is 2. The Balaban J connectivity index is 1.19. The van der Waals surface area contributed by atoms with Crippen LogP contribution in [0.4, 0.5) is 5.82 Å². The SMILES string of the molecule is Nc1ncnc2c1ncn2[C@@H]1O[C@H](COP(=O)(O)OP(=O)(O)O[C@@H]2OC3(O)C2C(O)[C@H](O)C3CO)C(O)C1O. The van der Waals surface area contributed by atoms with Crippen LogP contribution in [0.15, 0.2) is 12.7 Å². The van der Waals surface area contributed by atoms with E-state index in [0.717, 1.165) is 6.33 Å². The molecule has 8 unspecified atom stereocenters. The summed E-state index contributed by atoms with van der Waals surface area (Å²) < 4.78 is 49.8. The van der Waals surface area contributed by atoms with Gasteiger partial charge in [-0.15, -0.1) is 0 Å². The lowest BCUT2D eigenvalue weighted by atomic mass is 9.89. The van der Waals surface area contributed by atoms with Crippen LogP contribution in [0.2, 0.25) is 0 Å². The maximum Gasteiger partial charge on any atom is 0.483 e. The molecule has 0 spiro atoms. The summed E-state index contributed by atoms with van der Waals surface area (Å²) >= 11 is 0. The molecule has 0 bridgehead atoms. The van der Waals surface area contributed by atoms with E-state index in [0.29, 0.717) is 0 Å². The smallest absolute Gasteiger partial charge is 0.396 e. The number of nitrogens with two attached hydrogens (primary N) is 1. The molecule has 0 amide bonds. The monoisotopic (exact) mass is 601 g/mol. The van der Waals surface area contributed by atoms with Crippen molar-refractivity contribution in [3.8, 4) is 0 Å². The molecular formula is C17H25N5O15P2. The molecule has 0 aromatic carbocycles. The molecule has 2 aromatic rings. The molecule has 22 heteroatoms. The van der Waals surface area contributed by atoms with Gasteiger partial charge in [0.1, 0.15) is 30.2 Å². The molecule has 12 atom stereocenters. The Morgan fingerprint density at radius 1 is 1.05 bits per heavy atom. The number of aliphatic hydroxyl groups is 6. The average Bonchev–Trinajstić information content (AvgIpc) is 3.42. The predicted molar refractivity (Wildman–Crippen MR) is 119 cm³/mol. The zero-order chi connectivity index (χ0) is 28.5. The van der Waals surface area contributed by atoms with E-state index in [4.69, 9.17) is 15.2 Å². The number of imidazole rings is 1. The first-order chi connectivity index (χ1) is 18.2. The molecule has 218 valence electrons. The Kier molecular flexibility index (Phi) is 7.37. The molecule has 1 aliphatic carbocycles. The van der Waals surface area contributed by atoms with Gasteiger partial charge >= 0.3 is 15.6 Å². The Bertz CT molecular complexity index is 1330. The van der Waals surface area contributed by atoms with E-state index in [-0.39, 0.29) is 17.0 Å². The number of anilines is 1. The van der Waals surface area contributed by atoms with Gasteiger partial charge in [0.25, 0.3) is 0 Å². The molecule has 2 aliphatic heterocycles. The third kappa shape index (κ3) is 4.90. The molecule has 2 aromatic heterocycles. The second kappa shape index (κ2) is 9.98. The number of phosphoric acid groups is 2. The lowest BCUT2D eigenvalue weighted by Gasteiger charge is -2.49. The molecule has 20 nitrogen and oxygen atoms in total. The zero-order valence-corrected chi connectivity index (χ0v) is 21.2. The van der Waals surface area contributed by atoms with Crippen LogP contribution in [0.5, 0.6) is 0 Å². The van der Waals surface area contributed by atoms with Crippen LogP contribution in [-0.2, 0) is 32.0 Å². The van der Waals surface area contributed by atoms with E-state index >= 15 is 0 Å². The molecule has 10 N–H and O–H groups in total. The third-order valence-electron chi connectivity index (χ3n) is 6.78. The van der Waals surface area contributed by atoms with Crippen molar-refractivity contribution in [1.29, 1.82) is 0 Å². The van der Waals surface area contributed by atoms with Crippen LogP contribution in [-0.4, -0.2) is 116 Å². The molecule has 4 heterocycles. The van der Waals surface area contributed by atoms with Crippen LogP contribution in [0.3, 0.4) is 0 Å². The summed E-state index contributed by atoms with van der Waals surface area (Å²) in [6.07, 6.45) is -8.91. The van der Waals surface area contributed by atoms with Gasteiger partial charge in [0, 0.05) is 0 Å². The number of aromatic nitrogens is 4. The normalized spacial score (nSPS) is 41.2. The fraction of sp³-hybridized carbons (Fsp3) is 0.706. The largest absolute Gasteiger partial charge is 0.483 e. The molecule has 0 radical (unpaired) electrons. The summed E-state index contributed by atoms with van der Waals surface area (Å²) in [5.74, 6) is -5.10. The standard InChI is InChI=1S/C17H25N5O15P2/c18-13-8-14(20-3-19-13)22(4-21-8)15-12(27)10(25)6(34-15)2-33-38(29,30)37-39(31,32)36-16-7-11(26)9(24)5(1-23)17(7,28)35-16/h3-7,9-12,15-16,23-28H,1-2H2,(H,29,30)(H,31,32)(H2,18,19,20)/t5?,6-,7?,9-,10?,11?,12?,15-,16+,17?/m1/s1. The second-order valence-electron chi connectivity index (χ2n) is 9.08. The van der Waals surface area contributed by atoms with Crippen molar-refractivity contribution in [3.05, 3.63) is 12.7 Å². The maximum absolute atomic E-state index is 12.3. The first kappa shape index (κ1) is 28.8. The molecule has 3 fully saturated rings. The van der Waals surface area contributed by atoms with E-state index in [1.165, 1.54) is 10.9 Å². The number of hydrogen-bond donors (Lipinski definition) is 9. The fourth-order valence-electron chi connectivity index (χ4n) is 4.85. The maximum atomic E-state index is 12.3. The third-order valence-corrected chi connectivity index (χ3v) is 9.38. The topological polar surface area (TPSA) is 312 Å². The number of phosphoric ester groups is 2. The Labute approximate surface area is 217 Å². The van der Waals surface area contributed by atoms with Crippen LogP contribution in [0.1, 0.15) is 6.23 Å². The van der Waals surface area contributed by atoms with E-state index in [9.17, 15) is 49.6 Å². The Morgan fingerprint density at radius 2 is 1.77 bits per heavy atom. The van der Waals surface area contributed by atoms with Gasteiger partial charge in [-0.05, 0) is 0 Å². The van der Waals surface area contributed by atoms with Crippen LogP contribution in [0.25, 0.3) is 11.2 Å². The first-order valence-corrected chi connectivity index (χ1v) is 14.2. The highest BCUT2D eigenvalue weighted by molar-refractivity contribution is 7.61. The number of aliphatic hydroxyl groups excluding tert-OH is 5. The second-order valence-corrected chi connectivity index (χ2v) is 12.1. The number of hydrogen-bond acceptors (Lipinski definition) is 17. The minimum absolute atomic E-state index is 0.0458. The molecule has 5 rings (SSSR count). The lowest BCUT2D eigenvalue weighted by Crippen LogP contribution is -2.63. The van der Waals surface area contributed by atoms with Gasteiger partial charge in [0.2, 0.25) is 0 Å². The molecule has 2 saturated heterocycles. The van der Waals surface area contributed by atoms with Gasteiger partial charge in [-0.3, -0.25) is 13.6 Å². The molecule has 3 aliphatic rings. The van der Waals surface area contributed by atoms with Crippen LogP contribution >= 0.6 is 15.6 Å². The van der Waals surface area contributed by atoms with Gasteiger partial charge in [-0.25, -0.2) is 24.1 Å². The van der Waals surface area contributed by atoms with E-state index in [1.807, 2.05) is 0 Å². The average molecular weight is 601 g/mol. The van der Waals surface area contributed by atoms with Gasteiger partial charge in [0.15, 0.2) is 29.8 Å². The predicted octanol–water partition coefficient (Wildman–Crippen LogP) is -3.72. The van der Waals surface area contributed by atoms with Crippen LogP contribution < -0.4 is 5.73 Å². The van der Waals surface area contributed by atoms with Gasteiger partial charge in [0.05, 0.1) is 43.6 Å².